The van der Waals surface area contributed by atoms with Crippen molar-refractivity contribution < 1.29 is 4.79 Å². The maximum Gasteiger partial charge on any atom is 0.220 e. The molecule has 1 aliphatic rings. The van der Waals surface area contributed by atoms with E-state index in [1.807, 2.05) is 18.2 Å². The van der Waals surface area contributed by atoms with Crippen molar-refractivity contribution in [2.24, 2.45) is 0 Å². The topological polar surface area (TPSA) is 29.1 Å². The number of halogens is 1. The largest absolute Gasteiger partial charge is 0.353 e. The fraction of sp³-hybridized carbons (Fsp3) is 0.500. The van der Waals surface area contributed by atoms with E-state index in [1.54, 1.807) is 0 Å². The van der Waals surface area contributed by atoms with Crippen molar-refractivity contribution in [1.82, 2.24) is 5.32 Å². The van der Waals surface area contributed by atoms with Gasteiger partial charge >= 0.3 is 0 Å². The standard InChI is InChI=1S/C14H18BrNO/c15-13-8-4-1-5-11(13)9-10-14(17)16-12-6-2-3-7-12/h1,4-5,8,12H,2-3,6-7,9-10H2,(H,16,17). The maximum absolute atomic E-state index is 11.8. The highest BCUT2D eigenvalue weighted by Crippen LogP contribution is 2.19. The molecule has 0 radical (unpaired) electrons. The lowest BCUT2D eigenvalue weighted by Crippen LogP contribution is -2.32. The second-order valence-electron chi connectivity index (χ2n) is 4.64. The summed E-state index contributed by atoms with van der Waals surface area (Å²) in [6, 6.07) is 8.51. The smallest absolute Gasteiger partial charge is 0.220 e. The summed E-state index contributed by atoms with van der Waals surface area (Å²) in [7, 11) is 0. The number of benzene rings is 1. The summed E-state index contributed by atoms with van der Waals surface area (Å²) < 4.78 is 1.09. The molecule has 0 saturated heterocycles. The number of carbonyl (C=O) groups excluding carboxylic acids is 1. The Hall–Kier alpha value is -0.830. The van der Waals surface area contributed by atoms with Crippen LogP contribution in [0.5, 0.6) is 0 Å². The quantitative estimate of drug-likeness (QED) is 0.906. The van der Waals surface area contributed by atoms with Gasteiger partial charge in [0.25, 0.3) is 0 Å². The Balaban J connectivity index is 1.77. The van der Waals surface area contributed by atoms with E-state index in [2.05, 4.69) is 27.3 Å². The highest BCUT2D eigenvalue weighted by Gasteiger charge is 2.16. The van der Waals surface area contributed by atoms with Crippen LogP contribution in [0.1, 0.15) is 37.7 Å². The van der Waals surface area contributed by atoms with Gasteiger partial charge in [-0.1, -0.05) is 47.0 Å². The average molecular weight is 296 g/mol. The van der Waals surface area contributed by atoms with E-state index >= 15 is 0 Å². The normalized spacial score (nSPS) is 16.1. The minimum absolute atomic E-state index is 0.188. The van der Waals surface area contributed by atoms with Gasteiger partial charge in [-0.2, -0.15) is 0 Å². The van der Waals surface area contributed by atoms with Crippen LogP contribution >= 0.6 is 15.9 Å². The van der Waals surface area contributed by atoms with Crippen LogP contribution in [0.3, 0.4) is 0 Å². The lowest BCUT2D eigenvalue weighted by molar-refractivity contribution is -0.121. The summed E-state index contributed by atoms with van der Waals surface area (Å²) in [5.41, 5.74) is 1.20. The molecule has 1 amide bonds. The molecule has 0 unspecified atom stereocenters. The molecule has 1 fully saturated rings. The van der Waals surface area contributed by atoms with Crippen LogP contribution in [0.25, 0.3) is 0 Å². The van der Waals surface area contributed by atoms with Crippen molar-refractivity contribution in [2.45, 2.75) is 44.6 Å². The first kappa shape index (κ1) is 12.6. The Labute approximate surface area is 111 Å². The summed E-state index contributed by atoms with van der Waals surface area (Å²) in [6.45, 7) is 0. The molecule has 0 aromatic heterocycles. The van der Waals surface area contributed by atoms with Crippen LogP contribution in [-0.4, -0.2) is 11.9 Å². The van der Waals surface area contributed by atoms with Gasteiger partial charge in [0, 0.05) is 16.9 Å². The number of carbonyl (C=O) groups is 1. The fourth-order valence-corrected chi connectivity index (χ4v) is 2.80. The van der Waals surface area contributed by atoms with Crippen molar-refractivity contribution in [1.29, 1.82) is 0 Å². The highest BCUT2D eigenvalue weighted by atomic mass is 79.9. The van der Waals surface area contributed by atoms with Gasteiger partial charge in [0.1, 0.15) is 0 Å². The molecule has 2 rings (SSSR count). The molecule has 1 aromatic rings. The Kier molecular flexibility index (Phi) is 4.60. The number of nitrogens with one attached hydrogen (secondary N) is 1. The average Bonchev–Trinajstić information content (AvgIpc) is 2.81. The third-order valence-corrected chi connectivity index (χ3v) is 4.07. The van der Waals surface area contributed by atoms with E-state index in [0.29, 0.717) is 12.5 Å². The third-order valence-electron chi connectivity index (χ3n) is 3.30. The number of rotatable bonds is 4. The lowest BCUT2D eigenvalue weighted by atomic mass is 10.1. The van der Waals surface area contributed by atoms with E-state index in [1.165, 1.54) is 18.4 Å². The van der Waals surface area contributed by atoms with Crippen molar-refractivity contribution in [3.05, 3.63) is 34.3 Å². The van der Waals surface area contributed by atoms with E-state index in [4.69, 9.17) is 0 Å². The van der Waals surface area contributed by atoms with Crippen LogP contribution in [0.2, 0.25) is 0 Å². The number of amides is 1. The molecule has 0 bridgehead atoms. The zero-order chi connectivity index (χ0) is 12.1. The van der Waals surface area contributed by atoms with Crippen molar-refractivity contribution >= 4 is 21.8 Å². The molecule has 0 aliphatic heterocycles. The summed E-state index contributed by atoms with van der Waals surface area (Å²) in [4.78, 5) is 11.8. The first-order valence-electron chi connectivity index (χ1n) is 6.28. The molecule has 1 aromatic carbocycles. The molecule has 0 heterocycles. The molecule has 2 nitrogen and oxygen atoms in total. The second-order valence-corrected chi connectivity index (χ2v) is 5.49. The monoisotopic (exact) mass is 295 g/mol. The van der Waals surface area contributed by atoms with Gasteiger partial charge in [0.2, 0.25) is 5.91 Å². The highest BCUT2D eigenvalue weighted by molar-refractivity contribution is 9.10. The van der Waals surface area contributed by atoms with E-state index in [9.17, 15) is 4.79 Å². The Morgan fingerprint density at radius 1 is 1.29 bits per heavy atom. The minimum Gasteiger partial charge on any atom is -0.353 e. The van der Waals surface area contributed by atoms with Crippen molar-refractivity contribution in [3.8, 4) is 0 Å². The summed E-state index contributed by atoms with van der Waals surface area (Å²) >= 11 is 3.50. The molecular weight excluding hydrogens is 278 g/mol. The zero-order valence-corrected chi connectivity index (χ0v) is 11.5. The molecule has 1 N–H and O–H groups in total. The molecular formula is C14H18BrNO. The minimum atomic E-state index is 0.188. The van der Waals surface area contributed by atoms with Gasteiger partial charge in [0.05, 0.1) is 0 Å². The van der Waals surface area contributed by atoms with Gasteiger partial charge < -0.3 is 5.32 Å². The van der Waals surface area contributed by atoms with Crippen LogP contribution < -0.4 is 5.32 Å². The zero-order valence-electron chi connectivity index (χ0n) is 9.92. The molecule has 0 spiro atoms. The third kappa shape index (κ3) is 3.84. The molecule has 1 saturated carbocycles. The molecule has 17 heavy (non-hydrogen) atoms. The van der Waals surface area contributed by atoms with Gasteiger partial charge in [-0.3, -0.25) is 4.79 Å². The molecule has 0 atom stereocenters. The van der Waals surface area contributed by atoms with Gasteiger partial charge in [-0.15, -0.1) is 0 Å². The summed E-state index contributed by atoms with van der Waals surface area (Å²) in [5.74, 6) is 0.188. The van der Waals surface area contributed by atoms with Crippen molar-refractivity contribution in [3.63, 3.8) is 0 Å². The van der Waals surface area contributed by atoms with Gasteiger partial charge in [-0.25, -0.2) is 0 Å². The summed E-state index contributed by atoms with van der Waals surface area (Å²) in [5, 5.41) is 3.11. The van der Waals surface area contributed by atoms with Crippen LogP contribution in [0, 0.1) is 0 Å². The number of hydrogen-bond donors (Lipinski definition) is 1. The Morgan fingerprint density at radius 3 is 2.71 bits per heavy atom. The van der Waals surface area contributed by atoms with Gasteiger partial charge in [-0.05, 0) is 30.9 Å². The Morgan fingerprint density at radius 2 is 2.00 bits per heavy atom. The number of hydrogen-bond acceptors (Lipinski definition) is 1. The molecule has 3 heteroatoms. The van der Waals surface area contributed by atoms with E-state index in [-0.39, 0.29) is 5.91 Å². The van der Waals surface area contributed by atoms with Crippen LogP contribution in [-0.2, 0) is 11.2 Å². The first-order chi connectivity index (χ1) is 8.25. The number of aryl methyl sites for hydroxylation is 1. The lowest BCUT2D eigenvalue weighted by Gasteiger charge is -2.12. The molecule has 92 valence electrons. The van der Waals surface area contributed by atoms with E-state index < -0.39 is 0 Å². The Bertz CT molecular complexity index is 386. The summed E-state index contributed by atoms with van der Waals surface area (Å²) in [6.07, 6.45) is 6.21. The predicted molar refractivity (Wildman–Crippen MR) is 72.9 cm³/mol. The van der Waals surface area contributed by atoms with E-state index in [0.717, 1.165) is 23.7 Å². The second kappa shape index (κ2) is 6.20. The van der Waals surface area contributed by atoms with Gasteiger partial charge in [0.15, 0.2) is 0 Å². The van der Waals surface area contributed by atoms with Crippen molar-refractivity contribution in [2.75, 3.05) is 0 Å². The van der Waals surface area contributed by atoms with Crippen LogP contribution in [0.15, 0.2) is 28.7 Å². The maximum atomic E-state index is 11.8. The molecule has 1 aliphatic carbocycles. The van der Waals surface area contributed by atoms with Crippen LogP contribution in [0.4, 0.5) is 0 Å². The SMILES string of the molecule is O=C(CCc1ccccc1Br)NC1CCCC1. The first-order valence-corrected chi connectivity index (χ1v) is 7.08. The predicted octanol–water partition coefficient (Wildman–Crippen LogP) is 3.44. The fourth-order valence-electron chi connectivity index (χ4n) is 2.32.